The van der Waals surface area contributed by atoms with Crippen molar-refractivity contribution in [2.45, 2.75) is 0 Å². The molecule has 0 saturated carbocycles. The van der Waals surface area contributed by atoms with Crippen LogP contribution < -0.4 is 4.90 Å². The molecular formula is C36H27N3O. The minimum Gasteiger partial charge on any atom is -0.508 e. The van der Waals surface area contributed by atoms with Crippen LogP contribution in [-0.2, 0) is 0 Å². The minimum absolute atomic E-state index is 0.261. The van der Waals surface area contributed by atoms with Crippen LogP contribution in [0.3, 0.4) is 0 Å². The van der Waals surface area contributed by atoms with E-state index in [1.165, 1.54) is 11.1 Å². The zero-order valence-corrected chi connectivity index (χ0v) is 21.8. The predicted molar refractivity (Wildman–Crippen MR) is 164 cm³/mol. The molecule has 0 spiro atoms. The van der Waals surface area contributed by atoms with Crippen molar-refractivity contribution in [1.29, 1.82) is 0 Å². The third kappa shape index (κ3) is 5.66. The largest absolute Gasteiger partial charge is 0.508 e. The lowest BCUT2D eigenvalue weighted by Gasteiger charge is -2.26. The van der Waals surface area contributed by atoms with E-state index in [1.54, 1.807) is 12.1 Å². The van der Waals surface area contributed by atoms with Crippen molar-refractivity contribution in [3.05, 3.63) is 158 Å². The molecule has 0 bridgehead atoms. The Morgan fingerprint density at radius 3 is 1.18 bits per heavy atom. The molecular weight excluding hydrogens is 490 g/mol. The Morgan fingerprint density at radius 2 is 0.700 bits per heavy atom. The number of azo groups is 1. The smallest absolute Gasteiger partial charge is 0.115 e. The normalized spacial score (nSPS) is 11.0. The molecule has 0 aliphatic heterocycles. The predicted octanol–water partition coefficient (Wildman–Crippen LogP) is 10.6. The third-order valence-corrected chi connectivity index (χ3v) is 6.70. The number of hydrogen-bond acceptors (Lipinski definition) is 4. The average molecular weight is 518 g/mol. The van der Waals surface area contributed by atoms with Crippen LogP contribution in [0, 0.1) is 0 Å². The van der Waals surface area contributed by atoms with Crippen LogP contribution in [0.1, 0.15) is 0 Å². The fourth-order valence-corrected chi connectivity index (χ4v) is 4.62. The van der Waals surface area contributed by atoms with Crippen LogP contribution >= 0.6 is 0 Å². The maximum absolute atomic E-state index is 9.66. The number of rotatable bonds is 7. The van der Waals surface area contributed by atoms with Gasteiger partial charge in [-0.1, -0.05) is 84.9 Å². The first kappa shape index (κ1) is 24.8. The van der Waals surface area contributed by atoms with E-state index in [2.05, 4.69) is 100 Å². The summed E-state index contributed by atoms with van der Waals surface area (Å²) in [6.45, 7) is 0. The maximum atomic E-state index is 9.66. The Morgan fingerprint density at radius 1 is 0.350 bits per heavy atom. The first-order valence-corrected chi connectivity index (χ1v) is 13.1. The lowest BCUT2D eigenvalue weighted by atomic mass is 10.0. The van der Waals surface area contributed by atoms with Gasteiger partial charge in [0.05, 0.1) is 11.4 Å². The lowest BCUT2D eigenvalue weighted by Crippen LogP contribution is -2.09. The maximum Gasteiger partial charge on any atom is 0.115 e. The molecule has 1 N–H and O–H groups in total. The first-order valence-electron chi connectivity index (χ1n) is 13.1. The third-order valence-electron chi connectivity index (χ3n) is 6.70. The summed E-state index contributed by atoms with van der Waals surface area (Å²) < 4.78 is 0. The van der Waals surface area contributed by atoms with Crippen LogP contribution in [0.15, 0.2) is 168 Å². The number of phenols is 1. The van der Waals surface area contributed by atoms with Gasteiger partial charge < -0.3 is 10.0 Å². The van der Waals surface area contributed by atoms with Gasteiger partial charge in [0.2, 0.25) is 0 Å². The second-order valence-corrected chi connectivity index (χ2v) is 9.39. The van der Waals surface area contributed by atoms with Crippen molar-refractivity contribution in [3.8, 4) is 28.0 Å². The molecule has 0 fully saturated rings. The Balaban J connectivity index is 1.34. The fourth-order valence-electron chi connectivity index (χ4n) is 4.62. The van der Waals surface area contributed by atoms with E-state index in [-0.39, 0.29) is 5.75 Å². The fraction of sp³-hybridized carbons (Fsp3) is 0. The van der Waals surface area contributed by atoms with E-state index < -0.39 is 0 Å². The number of anilines is 3. The number of phenolic OH excluding ortho intramolecular Hbond substituents is 1. The average Bonchev–Trinajstić information content (AvgIpc) is 3.03. The van der Waals surface area contributed by atoms with Gasteiger partial charge in [0, 0.05) is 17.1 Å². The highest BCUT2D eigenvalue weighted by molar-refractivity contribution is 5.80. The van der Waals surface area contributed by atoms with Gasteiger partial charge in [0.25, 0.3) is 0 Å². The molecule has 0 amide bonds. The van der Waals surface area contributed by atoms with Gasteiger partial charge in [-0.3, -0.25) is 0 Å². The van der Waals surface area contributed by atoms with Crippen LogP contribution in [-0.4, -0.2) is 5.11 Å². The van der Waals surface area contributed by atoms with Gasteiger partial charge >= 0.3 is 0 Å². The quantitative estimate of drug-likeness (QED) is 0.214. The molecule has 0 radical (unpaired) electrons. The zero-order valence-electron chi connectivity index (χ0n) is 21.8. The molecule has 4 nitrogen and oxygen atoms in total. The van der Waals surface area contributed by atoms with Crippen LogP contribution in [0.2, 0.25) is 0 Å². The second-order valence-electron chi connectivity index (χ2n) is 9.39. The Hall–Kier alpha value is -5.48. The number of hydrogen-bond donors (Lipinski definition) is 1. The molecule has 0 aliphatic rings. The summed E-state index contributed by atoms with van der Waals surface area (Å²) in [5.41, 5.74) is 9.20. The highest BCUT2D eigenvalue weighted by Crippen LogP contribution is 2.37. The van der Waals surface area contributed by atoms with Crippen molar-refractivity contribution in [2.24, 2.45) is 10.2 Å². The summed E-state index contributed by atoms with van der Waals surface area (Å²) >= 11 is 0. The van der Waals surface area contributed by atoms with Gasteiger partial charge in [-0.25, -0.2) is 0 Å². The van der Waals surface area contributed by atoms with Crippen molar-refractivity contribution >= 4 is 28.4 Å². The lowest BCUT2D eigenvalue weighted by molar-refractivity contribution is 0.475. The van der Waals surface area contributed by atoms with Gasteiger partial charge in [-0.05, 0) is 95.1 Å². The molecule has 0 atom stereocenters. The van der Waals surface area contributed by atoms with Gasteiger partial charge in [0.15, 0.2) is 0 Å². The minimum atomic E-state index is 0.261. The van der Waals surface area contributed by atoms with Crippen LogP contribution in [0.25, 0.3) is 22.3 Å². The summed E-state index contributed by atoms with van der Waals surface area (Å²) in [6.07, 6.45) is 0. The number of benzene rings is 6. The highest BCUT2D eigenvalue weighted by atomic mass is 16.3. The topological polar surface area (TPSA) is 48.2 Å². The van der Waals surface area contributed by atoms with Crippen LogP contribution in [0.4, 0.5) is 28.4 Å². The molecule has 6 rings (SSSR count). The van der Waals surface area contributed by atoms with Crippen molar-refractivity contribution in [3.63, 3.8) is 0 Å². The van der Waals surface area contributed by atoms with E-state index in [1.807, 2.05) is 60.7 Å². The Kier molecular flexibility index (Phi) is 7.14. The number of nitrogens with zero attached hydrogens (tertiary/aromatic N) is 3. The summed E-state index contributed by atoms with van der Waals surface area (Å²) in [4.78, 5) is 2.23. The molecule has 0 aliphatic carbocycles. The summed E-state index contributed by atoms with van der Waals surface area (Å²) in [7, 11) is 0. The SMILES string of the molecule is Oc1ccc(-c2ccc(N(c3ccc(N=Nc4ccccc4)cc3)c3ccc(-c4ccccc4)cc3)cc2)cc1. The molecule has 0 heterocycles. The van der Waals surface area contributed by atoms with Crippen LogP contribution in [0.5, 0.6) is 5.75 Å². The Labute approximate surface area is 234 Å². The zero-order chi connectivity index (χ0) is 27.1. The van der Waals surface area contributed by atoms with Gasteiger partial charge in [-0.2, -0.15) is 10.2 Å². The molecule has 40 heavy (non-hydrogen) atoms. The molecule has 6 aromatic rings. The summed E-state index contributed by atoms with van der Waals surface area (Å²) in [5.74, 6) is 0.261. The standard InChI is InChI=1S/C36H27N3O/c40-36-25-15-30(16-26-36)29-13-21-34(22-14-29)39(33-19-11-28(12-20-33)27-7-3-1-4-8-27)35-23-17-32(18-24-35)38-37-31-9-5-2-6-10-31/h1-26,40H. The molecule has 6 aromatic carbocycles. The molecule has 192 valence electrons. The molecule has 0 saturated heterocycles. The van der Waals surface area contributed by atoms with Crippen molar-refractivity contribution in [1.82, 2.24) is 0 Å². The molecule has 0 unspecified atom stereocenters. The highest BCUT2D eigenvalue weighted by Gasteiger charge is 2.13. The monoisotopic (exact) mass is 517 g/mol. The van der Waals surface area contributed by atoms with Gasteiger partial charge in [-0.15, -0.1) is 0 Å². The molecule has 4 heteroatoms. The molecule has 0 aromatic heterocycles. The summed E-state index contributed by atoms with van der Waals surface area (Å²) in [6, 6.07) is 52.6. The summed E-state index contributed by atoms with van der Waals surface area (Å²) in [5, 5.41) is 18.4. The van der Waals surface area contributed by atoms with E-state index >= 15 is 0 Å². The number of aromatic hydroxyl groups is 1. The van der Waals surface area contributed by atoms with E-state index in [9.17, 15) is 5.11 Å². The van der Waals surface area contributed by atoms with Crippen molar-refractivity contribution in [2.75, 3.05) is 4.90 Å². The Bertz CT molecular complexity index is 1700. The van der Waals surface area contributed by atoms with E-state index in [0.717, 1.165) is 39.6 Å². The van der Waals surface area contributed by atoms with E-state index in [0.29, 0.717) is 0 Å². The first-order chi connectivity index (χ1) is 19.7. The van der Waals surface area contributed by atoms with Gasteiger partial charge in [0.1, 0.15) is 5.75 Å². The van der Waals surface area contributed by atoms with E-state index in [4.69, 9.17) is 0 Å². The van der Waals surface area contributed by atoms with Crippen molar-refractivity contribution < 1.29 is 5.11 Å². The second kappa shape index (κ2) is 11.5.